The van der Waals surface area contributed by atoms with E-state index in [2.05, 4.69) is 5.32 Å². The number of amides is 3. The van der Waals surface area contributed by atoms with E-state index in [0.29, 0.717) is 17.7 Å². The van der Waals surface area contributed by atoms with Crippen molar-refractivity contribution in [1.29, 1.82) is 0 Å². The van der Waals surface area contributed by atoms with E-state index >= 15 is 0 Å². The van der Waals surface area contributed by atoms with Crippen molar-refractivity contribution in [2.75, 3.05) is 28.8 Å². The van der Waals surface area contributed by atoms with E-state index in [4.69, 9.17) is 16.3 Å². The Kier molecular flexibility index (Phi) is 7.69. The second kappa shape index (κ2) is 11.1. The molecule has 0 radical (unpaired) electrons. The van der Waals surface area contributed by atoms with Gasteiger partial charge in [0, 0.05) is 24.0 Å². The van der Waals surface area contributed by atoms with Gasteiger partial charge in [0.2, 0.25) is 0 Å². The zero-order valence-electron chi connectivity index (χ0n) is 20.2. The van der Waals surface area contributed by atoms with E-state index in [9.17, 15) is 19.2 Å². The Hall–Kier alpha value is -4.43. The van der Waals surface area contributed by atoms with Crippen molar-refractivity contribution in [3.8, 4) is 0 Å². The molecule has 3 aromatic carbocycles. The number of nitrogens with one attached hydrogen (secondary N) is 1. The number of rotatable bonds is 8. The number of hydrogen-bond acceptors (Lipinski definition) is 6. The maximum Gasteiger partial charge on any atom is 0.340 e. The first-order chi connectivity index (χ1) is 17.8. The average molecular weight is 518 g/mol. The number of carbonyl (C=O) groups excluding carboxylic acids is 4. The molecule has 0 atom stereocenters. The molecule has 0 fully saturated rings. The van der Waals surface area contributed by atoms with Gasteiger partial charge in [-0.1, -0.05) is 54.9 Å². The lowest BCUT2D eigenvalue weighted by atomic mass is 10.1. The number of imide groups is 1. The summed E-state index contributed by atoms with van der Waals surface area (Å²) in [5.41, 5.74) is 1.45. The molecule has 1 aliphatic heterocycles. The zero-order chi connectivity index (χ0) is 26.5. The summed E-state index contributed by atoms with van der Waals surface area (Å²) in [6.07, 6.45) is 0.625. The monoisotopic (exact) mass is 517 g/mol. The molecule has 1 heterocycles. The zero-order valence-corrected chi connectivity index (χ0v) is 21.0. The molecule has 1 N–H and O–H groups in total. The van der Waals surface area contributed by atoms with Gasteiger partial charge in [-0.25, -0.2) is 9.69 Å². The van der Waals surface area contributed by atoms with Gasteiger partial charge in [0.25, 0.3) is 17.7 Å². The molecule has 0 bridgehead atoms. The van der Waals surface area contributed by atoms with E-state index in [0.717, 1.165) is 10.6 Å². The molecule has 4 rings (SSSR count). The summed E-state index contributed by atoms with van der Waals surface area (Å²) in [7, 11) is 1.66. The SMILES string of the molecule is CCCOC(=O)c1ccccc1N1C(=O)C(Cl)=C(Nc2cccc(C(=O)N(C)c3ccccc3)c2)C1=O. The second-order valence-corrected chi connectivity index (χ2v) is 8.57. The first kappa shape index (κ1) is 25.7. The average Bonchev–Trinajstić information content (AvgIpc) is 3.14. The molecule has 8 nitrogen and oxygen atoms in total. The summed E-state index contributed by atoms with van der Waals surface area (Å²) in [6, 6.07) is 21.8. The van der Waals surface area contributed by atoms with Crippen molar-refractivity contribution in [1.82, 2.24) is 0 Å². The Morgan fingerprint density at radius 3 is 2.38 bits per heavy atom. The van der Waals surface area contributed by atoms with E-state index in [1.165, 1.54) is 17.0 Å². The fourth-order valence-corrected chi connectivity index (χ4v) is 3.99. The van der Waals surface area contributed by atoms with Gasteiger partial charge in [-0.05, 0) is 48.9 Å². The molecule has 0 aromatic heterocycles. The molecule has 0 aliphatic carbocycles. The fourth-order valence-electron chi connectivity index (χ4n) is 3.78. The van der Waals surface area contributed by atoms with Crippen LogP contribution in [0.15, 0.2) is 89.6 Å². The van der Waals surface area contributed by atoms with Gasteiger partial charge in [0.1, 0.15) is 10.7 Å². The van der Waals surface area contributed by atoms with Gasteiger partial charge < -0.3 is 15.0 Å². The Labute approximate surface area is 219 Å². The van der Waals surface area contributed by atoms with E-state index in [-0.39, 0.29) is 34.5 Å². The third-order valence-corrected chi connectivity index (χ3v) is 6.01. The Bertz CT molecular complexity index is 1400. The predicted molar refractivity (Wildman–Crippen MR) is 142 cm³/mol. The van der Waals surface area contributed by atoms with Gasteiger partial charge in [0.15, 0.2) is 0 Å². The largest absolute Gasteiger partial charge is 0.462 e. The Balaban J connectivity index is 1.58. The maximum absolute atomic E-state index is 13.3. The van der Waals surface area contributed by atoms with Gasteiger partial charge in [-0.15, -0.1) is 0 Å². The number of ether oxygens (including phenoxy) is 1. The van der Waals surface area contributed by atoms with Gasteiger partial charge in [-0.2, -0.15) is 0 Å². The molecule has 0 unspecified atom stereocenters. The summed E-state index contributed by atoms with van der Waals surface area (Å²) in [6.45, 7) is 2.06. The highest BCUT2D eigenvalue weighted by atomic mass is 35.5. The van der Waals surface area contributed by atoms with Crippen molar-refractivity contribution in [2.45, 2.75) is 13.3 Å². The number of halogens is 1. The predicted octanol–water partition coefficient (Wildman–Crippen LogP) is 4.97. The number of anilines is 3. The van der Waals surface area contributed by atoms with Crippen LogP contribution in [0.3, 0.4) is 0 Å². The molecule has 0 saturated carbocycles. The number of esters is 1. The van der Waals surface area contributed by atoms with Crippen molar-refractivity contribution in [3.63, 3.8) is 0 Å². The van der Waals surface area contributed by atoms with Crippen LogP contribution in [0.1, 0.15) is 34.1 Å². The van der Waals surface area contributed by atoms with Crippen LogP contribution >= 0.6 is 11.6 Å². The summed E-state index contributed by atoms with van der Waals surface area (Å²) in [4.78, 5) is 54.2. The van der Waals surface area contributed by atoms with Crippen LogP contribution in [0.4, 0.5) is 17.1 Å². The van der Waals surface area contributed by atoms with Gasteiger partial charge in [0.05, 0.1) is 17.9 Å². The molecular weight excluding hydrogens is 494 g/mol. The Morgan fingerprint density at radius 1 is 0.946 bits per heavy atom. The number of hydrogen-bond donors (Lipinski definition) is 1. The van der Waals surface area contributed by atoms with Gasteiger partial charge in [-0.3, -0.25) is 14.4 Å². The van der Waals surface area contributed by atoms with Crippen LogP contribution in [-0.2, 0) is 14.3 Å². The number of para-hydroxylation sites is 2. The highest BCUT2D eigenvalue weighted by Crippen LogP contribution is 2.32. The molecule has 3 amide bonds. The third kappa shape index (κ3) is 5.24. The Morgan fingerprint density at radius 2 is 1.65 bits per heavy atom. The summed E-state index contributed by atoms with van der Waals surface area (Å²) in [5, 5.41) is 2.54. The number of benzene rings is 3. The van der Waals surface area contributed by atoms with E-state index < -0.39 is 17.8 Å². The lowest BCUT2D eigenvalue weighted by Crippen LogP contribution is -2.33. The molecule has 3 aromatic rings. The molecule has 0 spiro atoms. The lowest BCUT2D eigenvalue weighted by Gasteiger charge is -2.19. The first-order valence-corrected chi connectivity index (χ1v) is 12.0. The minimum Gasteiger partial charge on any atom is -0.462 e. The fraction of sp³-hybridized carbons (Fsp3) is 0.143. The van der Waals surface area contributed by atoms with Crippen LogP contribution in [0.2, 0.25) is 0 Å². The molecule has 9 heteroatoms. The smallest absolute Gasteiger partial charge is 0.340 e. The van der Waals surface area contributed by atoms with Crippen LogP contribution < -0.4 is 15.1 Å². The van der Waals surface area contributed by atoms with Crippen molar-refractivity contribution < 1.29 is 23.9 Å². The van der Waals surface area contributed by atoms with Gasteiger partial charge >= 0.3 is 5.97 Å². The van der Waals surface area contributed by atoms with Crippen molar-refractivity contribution in [3.05, 3.63) is 101 Å². The summed E-state index contributed by atoms with van der Waals surface area (Å²) >= 11 is 6.28. The van der Waals surface area contributed by atoms with Crippen LogP contribution in [0.5, 0.6) is 0 Å². The third-order valence-electron chi connectivity index (χ3n) is 5.66. The van der Waals surface area contributed by atoms with Crippen LogP contribution in [-0.4, -0.2) is 37.3 Å². The van der Waals surface area contributed by atoms with Crippen LogP contribution in [0, 0.1) is 0 Å². The number of carbonyl (C=O) groups is 4. The standard InChI is InChI=1S/C28H24ClN3O5/c1-3-16-37-28(36)21-14-7-8-15-22(21)32-26(34)23(29)24(27(32)35)30-19-11-9-10-18(17-19)25(33)31(2)20-12-5-4-6-13-20/h4-15,17,30H,3,16H2,1-2H3. The topological polar surface area (TPSA) is 96.0 Å². The van der Waals surface area contributed by atoms with Crippen LogP contribution in [0.25, 0.3) is 0 Å². The second-order valence-electron chi connectivity index (χ2n) is 8.19. The quantitative estimate of drug-likeness (QED) is 0.335. The normalized spacial score (nSPS) is 13.1. The summed E-state index contributed by atoms with van der Waals surface area (Å²) in [5.74, 6) is -2.42. The number of nitrogens with zero attached hydrogens (tertiary/aromatic N) is 2. The minimum atomic E-state index is -0.777. The molecule has 1 aliphatic rings. The van der Waals surface area contributed by atoms with E-state index in [1.54, 1.807) is 43.4 Å². The van der Waals surface area contributed by atoms with E-state index in [1.807, 2.05) is 37.3 Å². The highest BCUT2D eigenvalue weighted by molar-refractivity contribution is 6.53. The molecule has 0 saturated heterocycles. The molecule has 37 heavy (non-hydrogen) atoms. The lowest BCUT2D eigenvalue weighted by molar-refractivity contribution is -0.120. The first-order valence-electron chi connectivity index (χ1n) is 11.6. The highest BCUT2D eigenvalue weighted by Gasteiger charge is 2.40. The van der Waals surface area contributed by atoms with Crippen molar-refractivity contribution >= 4 is 52.4 Å². The van der Waals surface area contributed by atoms with Crippen molar-refractivity contribution in [2.24, 2.45) is 0 Å². The summed E-state index contributed by atoms with van der Waals surface area (Å²) < 4.78 is 5.20. The molecule has 188 valence electrons. The molecular formula is C28H24ClN3O5. The maximum atomic E-state index is 13.3. The minimum absolute atomic E-state index is 0.0694.